The fourth-order valence-electron chi connectivity index (χ4n) is 3.29. The number of fused-ring (bicyclic) bond motifs is 1. The number of benzene rings is 1. The van der Waals surface area contributed by atoms with Crippen LogP contribution in [0, 0.1) is 6.92 Å². The largest absolute Gasteiger partial charge is 0.478 e. The van der Waals surface area contributed by atoms with Gasteiger partial charge in [0.05, 0.1) is 6.61 Å². The van der Waals surface area contributed by atoms with Crippen LogP contribution in [0.5, 0.6) is 17.4 Å². The SMILES string of the molecule is CCOc1cc(C)nc(N2CCN(Cc3ccc4c(c3)OCO4)CC2)n1. The molecule has 0 saturated carbocycles. The van der Waals surface area contributed by atoms with E-state index in [0.717, 1.165) is 55.9 Å². The van der Waals surface area contributed by atoms with E-state index in [1.54, 1.807) is 0 Å². The topological polar surface area (TPSA) is 60.0 Å². The molecule has 1 aromatic carbocycles. The molecule has 2 aliphatic heterocycles. The van der Waals surface area contributed by atoms with Crippen molar-refractivity contribution in [3.05, 3.63) is 35.5 Å². The van der Waals surface area contributed by atoms with Gasteiger partial charge in [0, 0.05) is 44.5 Å². The third kappa shape index (κ3) is 3.67. The minimum Gasteiger partial charge on any atom is -0.478 e. The van der Waals surface area contributed by atoms with Crippen LogP contribution in [-0.4, -0.2) is 54.4 Å². The molecule has 1 fully saturated rings. The minimum absolute atomic E-state index is 0.317. The highest BCUT2D eigenvalue weighted by molar-refractivity contribution is 5.44. The summed E-state index contributed by atoms with van der Waals surface area (Å²) in [5.74, 6) is 3.09. The minimum atomic E-state index is 0.317. The Balaban J connectivity index is 1.37. The third-order valence-corrected chi connectivity index (χ3v) is 4.61. The van der Waals surface area contributed by atoms with Crippen LogP contribution >= 0.6 is 0 Å². The van der Waals surface area contributed by atoms with Gasteiger partial charge in [-0.2, -0.15) is 4.98 Å². The van der Waals surface area contributed by atoms with Gasteiger partial charge in [-0.3, -0.25) is 4.90 Å². The molecule has 138 valence electrons. The Bertz CT molecular complexity index is 775. The Morgan fingerprint density at radius 2 is 1.85 bits per heavy atom. The molecule has 1 saturated heterocycles. The molecule has 3 heterocycles. The fraction of sp³-hybridized carbons (Fsp3) is 0.474. The third-order valence-electron chi connectivity index (χ3n) is 4.61. The normalized spacial score (nSPS) is 16.8. The van der Waals surface area contributed by atoms with Gasteiger partial charge in [-0.15, -0.1) is 0 Å². The van der Waals surface area contributed by atoms with Gasteiger partial charge in [0.1, 0.15) is 0 Å². The summed E-state index contributed by atoms with van der Waals surface area (Å²) < 4.78 is 16.4. The van der Waals surface area contributed by atoms with Crippen LogP contribution in [-0.2, 0) is 6.54 Å². The maximum atomic E-state index is 5.54. The Morgan fingerprint density at radius 1 is 1.04 bits per heavy atom. The molecule has 4 rings (SSSR count). The summed E-state index contributed by atoms with van der Waals surface area (Å²) in [6.07, 6.45) is 0. The maximum Gasteiger partial charge on any atom is 0.231 e. The molecule has 7 heteroatoms. The Morgan fingerprint density at radius 3 is 2.65 bits per heavy atom. The van der Waals surface area contributed by atoms with Gasteiger partial charge in [-0.05, 0) is 31.5 Å². The van der Waals surface area contributed by atoms with E-state index in [1.807, 2.05) is 26.0 Å². The summed E-state index contributed by atoms with van der Waals surface area (Å²) in [6, 6.07) is 8.05. The number of hydrogen-bond acceptors (Lipinski definition) is 7. The second-order valence-corrected chi connectivity index (χ2v) is 6.53. The number of aryl methyl sites for hydroxylation is 1. The number of hydrogen-bond donors (Lipinski definition) is 0. The smallest absolute Gasteiger partial charge is 0.231 e. The highest BCUT2D eigenvalue weighted by atomic mass is 16.7. The molecule has 26 heavy (non-hydrogen) atoms. The van der Waals surface area contributed by atoms with Crippen molar-refractivity contribution in [1.82, 2.24) is 14.9 Å². The molecular formula is C19H24N4O3. The molecule has 2 aromatic rings. The van der Waals surface area contributed by atoms with Gasteiger partial charge in [0.15, 0.2) is 11.5 Å². The lowest BCUT2D eigenvalue weighted by Crippen LogP contribution is -2.46. The predicted molar refractivity (Wildman–Crippen MR) is 98.0 cm³/mol. The number of nitrogens with zero attached hydrogens (tertiary/aromatic N) is 4. The average Bonchev–Trinajstić information content (AvgIpc) is 3.10. The van der Waals surface area contributed by atoms with Crippen molar-refractivity contribution in [3.63, 3.8) is 0 Å². The van der Waals surface area contributed by atoms with E-state index in [2.05, 4.69) is 31.9 Å². The fourth-order valence-corrected chi connectivity index (χ4v) is 3.29. The Kier molecular flexibility index (Phi) is 4.79. The second kappa shape index (κ2) is 7.37. The summed E-state index contributed by atoms with van der Waals surface area (Å²) in [7, 11) is 0. The van der Waals surface area contributed by atoms with Crippen molar-refractivity contribution in [2.75, 3.05) is 44.5 Å². The quantitative estimate of drug-likeness (QED) is 0.814. The molecule has 0 atom stereocenters. The van der Waals surface area contributed by atoms with Gasteiger partial charge in [0.25, 0.3) is 0 Å². The zero-order valence-electron chi connectivity index (χ0n) is 15.3. The van der Waals surface area contributed by atoms with Gasteiger partial charge in [-0.1, -0.05) is 6.07 Å². The summed E-state index contributed by atoms with van der Waals surface area (Å²) >= 11 is 0. The summed E-state index contributed by atoms with van der Waals surface area (Å²) in [5, 5.41) is 0. The first kappa shape index (κ1) is 16.9. The average molecular weight is 356 g/mol. The first-order valence-corrected chi connectivity index (χ1v) is 9.05. The van der Waals surface area contributed by atoms with Crippen molar-refractivity contribution in [2.45, 2.75) is 20.4 Å². The lowest BCUT2D eigenvalue weighted by Gasteiger charge is -2.34. The number of piperazine rings is 1. The predicted octanol–water partition coefficient (Wildman–Crippen LogP) is 2.23. The van der Waals surface area contributed by atoms with Crippen molar-refractivity contribution < 1.29 is 14.2 Å². The van der Waals surface area contributed by atoms with Crippen LogP contribution in [0.2, 0.25) is 0 Å². The highest BCUT2D eigenvalue weighted by Crippen LogP contribution is 2.32. The van der Waals surface area contributed by atoms with E-state index in [9.17, 15) is 0 Å². The van der Waals surface area contributed by atoms with Gasteiger partial charge < -0.3 is 19.1 Å². The molecule has 0 amide bonds. The first-order valence-electron chi connectivity index (χ1n) is 9.05. The van der Waals surface area contributed by atoms with E-state index in [-0.39, 0.29) is 0 Å². The van der Waals surface area contributed by atoms with Gasteiger partial charge >= 0.3 is 0 Å². The van der Waals surface area contributed by atoms with E-state index >= 15 is 0 Å². The summed E-state index contributed by atoms with van der Waals surface area (Å²) in [6.45, 7) is 9.51. The molecule has 0 radical (unpaired) electrons. The number of aromatic nitrogens is 2. The zero-order valence-corrected chi connectivity index (χ0v) is 15.3. The highest BCUT2D eigenvalue weighted by Gasteiger charge is 2.21. The van der Waals surface area contributed by atoms with E-state index in [0.29, 0.717) is 19.3 Å². The van der Waals surface area contributed by atoms with Crippen LogP contribution in [0.1, 0.15) is 18.2 Å². The van der Waals surface area contributed by atoms with E-state index in [1.165, 1.54) is 5.56 Å². The van der Waals surface area contributed by atoms with Crippen molar-refractivity contribution in [1.29, 1.82) is 0 Å². The number of rotatable bonds is 5. The summed E-state index contributed by atoms with van der Waals surface area (Å²) in [4.78, 5) is 13.8. The van der Waals surface area contributed by atoms with Crippen LogP contribution in [0.3, 0.4) is 0 Å². The number of anilines is 1. The van der Waals surface area contributed by atoms with Crippen molar-refractivity contribution in [3.8, 4) is 17.4 Å². The second-order valence-electron chi connectivity index (χ2n) is 6.53. The lowest BCUT2D eigenvalue weighted by molar-refractivity contribution is 0.174. The molecule has 0 spiro atoms. The Hall–Kier alpha value is -2.54. The molecule has 2 aliphatic rings. The monoisotopic (exact) mass is 356 g/mol. The van der Waals surface area contributed by atoms with Gasteiger partial charge in [0.2, 0.25) is 18.6 Å². The van der Waals surface area contributed by atoms with Crippen molar-refractivity contribution >= 4 is 5.95 Å². The van der Waals surface area contributed by atoms with Crippen LogP contribution in [0.4, 0.5) is 5.95 Å². The van der Waals surface area contributed by atoms with Crippen LogP contribution in [0.25, 0.3) is 0 Å². The van der Waals surface area contributed by atoms with Crippen LogP contribution in [0.15, 0.2) is 24.3 Å². The zero-order chi connectivity index (χ0) is 17.9. The lowest BCUT2D eigenvalue weighted by atomic mass is 10.1. The molecule has 0 aliphatic carbocycles. The molecule has 0 bridgehead atoms. The molecule has 0 N–H and O–H groups in total. The Labute approximate surface area is 153 Å². The summed E-state index contributed by atoms with van der Waals surface area (Å²) in [5.41, 5.74) is 2.18. The number of ether oxygens (including phenoxy) is 3. The molecular weight excluding hydrogens is 332 g/mol. The first-order chi connectivity index (χ1) is 12.7. The van der Waals surface area contributed by atoms with Crippen LogP contribution < -0.4 is 19.1 Å². The molecule has 1 aromatic heterocycles. The van der Waals surface area contributed by atoms with E-state index < -0.39 is 0 Å². The van der Waals surface area contributed by atoms with Crippen molar-refractivity contribution in [2.24, 2.45) is 0 Å². The molecule has 0 unspecified atom stereocenters. The van der Waals surface area contributed by atoms with Gasteiger partial charge in [-0.25, -0.2) is 4.98 Å². The standard InChI is InChI=1S/C19H24N4O3/c1-3-24-18-10-14(2)20-19(21-18)23-8-6-22(7-9-23)12-15-4-5-16-17(11-15)26-13-25-16/h4-5,10-11H,3,6-9,12-13H2,1-2H3. The maximum absolute atomic E-state index is 5.54. The molecule has 7 nitrogen and oxygen atoms in total. The van der Waals surface area contributed by atoms with E-state index in [4.69, 9.17) is 14.2 Å².